The van der Waals surface area contributed by atoms with E-state index in [1.807, 2.05) is 43.3 Å². The number of nitrogens with zero attached hydrogens (tertiary/aromatic N) is 1. The second-order valence-corrected chi connectivity index (χ2v) is 7.95. The second kappa shape index (κ2) is 11.4. The van der Waals surface area contributed by atoms with Crippen LogP contribution in [0, 0.1) is 11.3 Å². The van der Waals surface area contributed by atoms with Gasteiger partial charge in [-0.3, -0.25) is 4.79 Å². The zero-order valence-electron chi connectivity index (χ0n) is 17.3. The van der Waals surface area contributed by atoms with E-state index >= 15 is 0 Å². The molecule has 3 aromatic carbocycles. The van der Waals surface area contributed by atoms with E-state index in [2.05, 4.69) is 21.2 Å². The third-order valence-electron chi connectivity index (χ3n) is 4.37. The lowest BCUT2D eigenvalue weighted by Crippen LogP contribution is -2.13. The monoisotopic (exact) mass is 510 g/mol. The lowest BCUT2D eigenvalue weighted by atomic mass is 10.1. The van der Waals surface area contributed by atoms with E-state index in [0.717, 1.165) is 5.56 Å². The molecular weight excluding hydrogens is 492 g/mol. The second-order valence-electron chi connectivity index (χ2n) is 6.66. The molecule has 5 nitrogen and oxygen atoms in total. The van der Waals surface area contributed by atoms with Crippen LogP contribution < -0.4 is 14.8 Å². The van der Waals surface area contributed by atoms with Gasteiger partial charge in [0.05, 0.1) is 6.61 Å². The summed E-state index contributed by atoms with van der Waals surface area (Å²) in [4.78, 5) is 12.6. The van der Waals surface area contributed by atoms with Crippen LogP contribution >= 0.6 is 27.5 Å². The van der Waals surface area contributed by atoms with Crippen LogP contribution in [-0.2, 0) is 11.4 Å². The van der Waals surface area contributed by atoms with E-state index in [1.165, 1.54) is 6.08 Å². The first-order valence-electron chi connectivity index (χ1n) is 9.82. The van der Waals surface area contributed by atoms with Crippen molar-refractivity contribution in [3.63, 3.8) is 0 Å². The molecule has 32 heavy (non-hydrogen) atoms. The molecule has 0 aliphatic heterocycles. The van der Waals surface area contributed by atoms with E-state index in [-0.39, 0.29) is 5.57 Å². The van der Waals surface area contributed by atoms with E-state index in [4.69, 9.17) is 21.1 Å². The van der Waals surface area contributed by atoms with E-state index in [1.54, 1.807) is 36.4 Å². The summed E-state index contributed by atoms with van der Waals surface area (Å²) < 4.78 is 12.3. The van der Waals surface area contributed by atoms with Crippen molar-refractivity contribution in [2.45, 2.75) is 13.5 Å². The minimum absolute atomic E-state index is 0.0546. The van der Waals surface area contributed by atoms with E-state index in [0.29, 0.717) is 45.5 Å². The van der Waals surface area contributed by atoms with Crippen LogP contribution in [0.25, 0.3) is 6.08 Å². The van der Waals surface area contributed by atoms with Crippen molar-refractivity contribution in [2.75, 3.05) is 11.9 Å². The predicted molar refractivity (Wildman–Crippen MR) is 130 cm³/mol. The summed E-state index contributed by atoms with van der Waals surface area (Å²) >= 11 is 9.37. The van der Waals surface area contributed by atoms with Crippen molar-refractivity contribution < 1.29 is 14.3 Å². The molecule has 3 aromatic rings. The van der Waals surface area contributed by atoms with Gasteiger partial charge in [0, 0.05) is 15.2 Å². The third kappa shape index (κ3) is 6.36. The Balaban J connectivity index is 1.84. The summed E-state index contributed by atoms with van der Waals surface area (Å²) in [7, 11) is 0. The zero-order valence-corrected chi connectivity index (χ0v) is 19.6. The highest BCUT2D eigenvalue weighted by molar-refractivity contribution is 9.10. The molecule has 0 unspecified atom stereocenters. The Hall–Kier alpha value is -3.27. The number of hydrogen-bond acceptors (Lipinski definition) is 4. The van der Waals surface area contributed by atoms with Crippen LogP contribution in [0.4, 0.5) is 5.69 Å². The van der Waals surface area contributed by atoms with Gasteiger partial charge in [-0.15, -0.1) is 0 Å². The van der Waals surface area contributed by atoms with Gasteiger partial charge in [-0.25, -0.2) is 0 Å². The number of anilines is 1. The quantitative estimate of drug-likeness (QED) is 0.272. The first-order valence-corrected chi connectivity index (χ1v) is 11.0. The number of rotatable bonds is 8. The molecule has 0 aromatic heterocycles. The maximum absolute atomic E-state index is 12.6. The molecule has 0 saturated carbocycles. The molecule has 0 aliphatic rings. The van der Waals surface area contributed by atoms with Crippen molar-refractivity contribution in [2.24, 2.45) is 0 Å². The summed E-state index contributed by atoms with van der Waals surface area (Å²) in [6.45, 7) is 2.70. The summed E-state index contributed by atoms with van der Waals surface area (Å²) in [5.41, 5.74) is 2.13. The van der Waals surface area contributed by atoms with Crippen molar-refractivity contribution in [3.05, 3.63) is 92.9 Å². The summed E-state index contributed by atoms with van der Waals surface area (Å²) in [6, 6.07) is 21.9. The van der Waals surface area contributed by atoms with E-state index < -0.39 is 5.91 Å². The largest absolute Gasteiger partial charge is 0.490 e. The molecule has 0 radical (unpaired) electrons. The molecule has 162 valence electrons. The van der Waals surface area contributed by atoms with Gasteiger partial charge in [-0.1, -0.05) is 57.9 Å². The smallest absolute Gasteiger partial charge is 0.266 e. The summed E-state index contributed by atoms with van der Waals surface area (Å²) in [5.74, 6) is 0.557. The van der Waals surface area contributed by atoms with Gasteiger partial charge in [0.2, 0.25) is 0 Å². The molecule has 1 N–H and O–H groups in total. The highest BCUT2D eigenvalue weighted by Crippen LogP contribution is 2.35. The Morgan fingerprint density at radius 1 is 1.09 bits per heavy atom. The zero-order chi connectivity index (χ0) is 22.9. The van der Waals surface area contributed by atoms with E-state index in [9.17, 15) is 10.1 Å². The molecule has 0 bridgehead atoms. The molecule has 0 atom stereocenters. The molecule has 3 rings (SSSR count). The topological polar surface area (TPSA) is 71.3 Å². The van der Waals surface area contributed by atoms with Crippen molar-refractivity contribution >= 4 is 45.2 Å². The lowest BCUT2D eigenvalue weighted by Gasteiger charge is -2.14. The van der Waals surface area contributed by atoms with Gasteiger partial charge in [0.1, 0.15) is 18.2 Å². The van der Waals surface area contributed by atoms with Gasteiger partial charge >= 0.3 is 0 Å². The fourth-order valence-corrected chi connectivity index (χ4v) is 3.38. The number of hydrogen-bond donors (Lipinski definition) is 1. The first-order chi connectivity index (χ1) is 15.5. The Labute approximate surface area is 200 Å². The number of nitriles is 1. The van der Waals surface area contributed by atoms with Gasteiger partial charge < -0.3 is 14.8 Å². The Kier molecular flexibility index (Phi) is 8.32. The summed E-state index contributed by atoms with van der Waals surface area (Å²) in [6.07, 6.45) is 1.50. The Morgan fingerprint density at radius 3 is 2.44 bits per heavy atom. The standard InChI is InChI=1S/C25H20BrClN2O3/c1-2-31-23-13-18(22(26)14-24(23)32-16-17-6-4-3-5-7-17)12-19(15-28)25(30)29-21-10-8-20(27)9-11-21/h3-14H,2,16H2,1H3,(H,29,30)/b19-12+. The third-order valence-corrected chi connectivity index (χ3v) is 5.31. The average Bonchev–Trinajstić information content (AvgIpc) is 2.80. The molecule has 0 aliphatic carbocycles. The highest BCUT2D eigenvalue weighted by atomic mass is 79.9. The average molecular weight is 512 g/mol. The number of carbonyl (C=O) groups is 1. The van der Waals surface area contributed by atoms with Gasteiger partial charge in [0.25, 0.3) is 5.91 Å². The Bertz CT molecular complexity index is 1160. The van der Waals surface area contributed by atoms with Gasteiger partial charge in [-0.05, 0) is 60.5 Å². The normalized spacial score (nSPS) is 10.9. The van der Waals surface area contributed by atoms with Crippen LogP contribution in [0.1, 0.15) is 18.1 Å². The SMILES string of the molecule is CCOc1cc(/C=C(\C#N)C(=O)Nc2ccc(Cl)cc2)c(Br)cc1OCc1ccccc1. The van der Waals surface area contributed by atoms with Crippen LogP contribution in [0.2, 0.25) is 5.02 Å². The Morgan fingerprint density at radius 2 is 1.78 bits per heavy atom. The first kappa shape index (κ1) is 23.4. The van der Waals surface area contributed by atoms with Crippen LogP contribution in [0.5, 0.6) is 11.5 Å². The molecule has 0 heterocycles. The van der Waals surface area contributed by atoms with Crippen molar-refractivity contribution in [3.8, 4) is 17.6 Å². The number of halogens is 2. The number of amides is 1. The fourth-order valence-electron chi connectivity index (χ4n) is 2.81. The molecule has 0 fully saturated rings. The van der Waals surface area contributed by atoms with Crippen LogP contribution in [-0.4, -0.2) is 12.5 Å². The minimum atomic E-state index is -0.524. The molecule has 0 spiro atoms. The fraction of sp³-hybridized carbons (Fsp3) is 0.120. The number of carbonyl (C=O) groups excluding carboxylic acids is 1. The molecule has 1 amide bonds. The van der Waals surface area contributed by atoms with Crippen LogP contribution in [0.15, 0.2) is 76.8 Å². The van der Waals surface area contributed by atoms with Crippen molar-refractivity contribution in [1.29, 1.82) is 5.26 Å². The van der Waals surface area contributed by atoms with Gasteiger partial charge in [0.15, 0.2) is 11.5 Å². The maximum atomic E-state index is 12.6. The summed E-state index contributed by atoms with van der Waals surface area (Å²) in [5, 5.41) is 12.8. The highest BCUT2D eigenvalue weighted by Gasteiger charge is 2.14. The van der Waals surface area contributed by atoms with Crippen LogP contribution in [0.3, 0.4) is 0 Å². The number of benzene rings is 3. The number of nitrogens with one attached hydrogen (secondary N) is 1. The molecular formula is C25H20BrClN2O3. The minimum Gasteiger partial charge on any atom is -0.490 e. The van der Waals surface area contributed by atoms with Crippen molar-refractivity contribution in [1.82, 2.24) is 0 Å². The predicted octanol–water partition coefficient (Wildman–Crippen LogP) is 6.63. The number of ether oxygens (including phenoxy) is 2. The lowest BCUT2D eigenvalue weighted by molar-refractivity contribution is -0.112. The maximum Gasteiger partial charge on any atom is 0.266 e. The molecule has 7 heteroatoms. The molecule has 0 saturated heterocycles. The van der Waals surface area contributed by atoms with Gasteiger partial charge in [-0.2, -0.15) is 5.26 Å².